The van der Waals surface area contributed by atoms with E-state index in [1.165, 1.54) is 34.0 Å². The van der Waals surface area contributed by atoms with Gasteiger partial charge in [0.05, 0.1) is 5.69 Å². The van der Waals surface area contributed by atoms with Crippen LogP contribution in [0.1, 0.15) is 22.4 Å². The second kappa shape index (κ2) is 6.14. The number of hydrogen-bond donors (Lipinski definition) is 0. The molecule has 112 valence electrons. The molecule has 0 fully saturated rings. The van der Waals surface area contributed by atoms with Gasteiger partial charge in [-0.3, -0.25) is 4.98 Å². The van der Waals surface area contributed by atoms with Crippen molar-refractivity contribution in [2.75, 3.05) is 0 Å². The van der Waals surface area contributed by atoms with Gasteiger partial charge in [-0.05, 0) is 50.5 Å². The highest BCUT2D eigenvalue weighted by atomic mass is 28.3. The molecule has 1 nitrogen and oxygen atoms in total. The number of aryl methyl sites for hydroxylation is 4. The molecule has 2 heteroatoms. The predicted molar refractivity (Wildman–Crippen MR) is 95.7 cm³/mol. The monoisotopic (exact) mass is 297 g/mol. The molecule has 0 saturated carbocycles. The van der Waals surface area contributed by atoms with Crippen LogP contribution >= 0.6 is 0 Å². The Kier molecular flexibility index (Phi) is 4.67. The molecule has 0 amide bonds. The highest BCUT2D eigenvalue weighted by molar-refractivity contribution is 6.76. The van der Waals surface area contributed by atoms with Crippen LogP contribution in [0.3, 0.4) is 0 Å². The summed E-state index contributed by atoms with van der Waals surface area (Å²) in [5, 5.41) is 0. The molecule has 0 N–H and O–H groups in total. The molecule has 0 aliphatic heterocycles. The van der Waals surface area contributed by atoms with Crippen LogP contribution in [0.15, 0.2) is 30.3 Å². The minimum atomic E-state index is -1.01. The van der Waals surface area contributed by atoms with Gasteiger partial charge in [0.2, 0.25) is 0 Å². The summed E-state index contributed by atoms with van der Waals surface area (Å²) in [5.41, 5.74) is 7.62. The van der Waals surface area contributed by atoms with Gasteiger partial charge < -0.3 is 0 Å². The van der Waals surface area contributed by atoms with Crippen LogP contribution in [-0.4, -0.2) is 13.1 Å². The molecule has 0 aliphatic rings. The van der Waals surface area contributed by atoms with E-state index in [-0.39, 0.29) is 0 Å². The van der Waals surface area contributed by atoms with Crippen molar-refractivity contribution < 1.29 is 0 Å². The minimum Gasteiger partial charge on any atom is -0.253 e. The Labute approximate surface area is 130 Å². The van der Waals surface area contributed by atoms with Crippen molar-refractivity contribution in [3.8, 4) is 11.3 Å². The average Bonchev–Trinajstić information content (AvgIpc) is 2.35. The fraction of sp³-hybridized carbons (Fsp3) is 0.421. The van der Waals surface area contributed by atoms with Gasteiger partial charge in [0.15, 0.2) is 0 Å². The lowest BCUT2D eigenvalue weighted by Gasteiger charge is -2.16. The maximum atomic E-state index is 4.92. The first-order valence-electron chi connectivity index (χ1n) is 7.80. The Morgan fingerprint density at radius 3 is 2.14 bits per heavy atom. The highest BCUT2D eigenvalue weighted by Crippen LogP contribution is 2.27. The summed E-state index contributed by atoms with van der Waals surface area (Å²) < 4.78 is 0. The Bertz CT molecular complexity index is 615. The second-order valence-corrected chi connectivity index (χ2v) is 13.0. The molecule has 0 bridgehead atoms. The van der Waals surface area contributed by atoms with E-state index in [2.05, 4.69) is 70.7 Å². The zero-order valence-electron chi connectivity index (χ0n) is 14.2. The average molecular weight is 298 g/mol. The molecule has 2 aromatic rings. The number of hydrogen-bond acceptors (Lipinski definition) is 1. The molecule has 21 heavy (non-hydrogen) atoms. The Hall–Kier alpha value is -1.41. The number of pyridine rings is 1. The zero-order chi connectivity index (χ0) is 15.6. The van der Waals surface area contributed by atoms with Gasteiger partial charge in [-0.15, -0.1) is 0 Å². The van der Waals surface area contributed by atoms with Crippen molar-refractivity contribution in [1.29, 1.82) is 0 Å². The molecule has 0 spiro atoms. The summed E-state index contributed by atoms with van der Waals surface area (Å²) in [6.07, 6.45) is 1.10. The van der Waals surface area contributed by atoms with E-state index >= 15 is 0 Å². The Morgan fingerprint density at radius 2 is 1.57 bits per heavy atom. The molecule has 0 unspecified atom stereocenters. The third-order valence-corrected chi connectivity index (χ3v) is 5.62. The van der Waals surface area contributed by atoms with E-state index in [0.29, 0.717) is 0 Å². The van der Waals surface area contributed by atoms with Gasteiger partial charge >= 0.3 is 0 Å². The van der Waals surface area contributed by atoms with Gasteiger partial charge in [0, 0.05) is 19.3 Å². The van der Waals surface area contributed by atoms with Gasteiger partial charge in [-0.25, -0.2) is 0 Å². The summed E-state index contributed by atoms with van der Waals surface area (Å²) >= 11 is 0. The lowest BCUT2D eigenvalue weighted by atomic mass is 9.97. The van der Waals surface area contributed by atoms with Crippen LogP contribution < -0.4 is 0 Å². The van der Waals surface area contributed by atoms with Crippen molar-refractivity contribution >= 4 is 8.07 Å². The van der Waals surface area contributed by atoms with Crippen LogP contribution in [0.5, 0.6) is 0 Å². The van der Waals surface area contributed by atoms with Gasteiger partial charge in [0.25, 0.3) is 0 Å². The van der Waals surface area contributed by atoms with E-state index < -0.39 is 8.07 Å². The first kappa shape index (κ1) is 16.0. The molecular weight excluding hydrogens is 270 g/mol. The quantitative estimate of drug-likeness (QED) is 0.674. The lowest BCUT2D eigenvalue weighted by Crippen LogP contribution is -2.20. The smallest absolute Gasteiger partial charge is 0.0710 e. The number of benzene rings is 1. The maximum Gasteiger partial charge on any atom is 0.0710 e. The van der Waals surface area contributed by atoms with Crippen molar-refractivity contribution in [3.05, 3.63) is 52.7 Å². The molecule has 0 atom stereocenters. The van der Waals surface area contributed by atoms with Crippen LogP contribution in [0.25, 0.3) is 11.3 Å². The maximum absolute atomic E-state index is 4.92. The van der Waals surface area contributed by atoms with Crippen LogP contribution in [-0.2, 0) is 6.42 Å². The Balaban J connectivity index is 2.34. The van der Waals surface area contributed by atoms with E-state index in [1.54, 1.807) is 0 Å². The molecular formula is C19H27NSi. The summed E-state index contributed by atoms with van der Waals surface area (Å²) in [6, 6.07) is 12.3. The highest BCUT2D eigenvalue weighted by Gasteiger charge is 2.14. The van der Waals surface area contributed by atoms with Crippen molar-refractivity contribution in [3.63, 3.8) is 0 Å². The van der Waals surface area contributed by atoms with Gasteiger partial charge in [-0.2, -0.15) is 0 Å². The molecule has 0 radical (unpaired) electrons. The normalized spacial score (nSPS) is 11.7. The van der Waals surface area contributed by atoms with Crippen LogP contribution in [0.4, 0.5) is 0 Å². The number of rotatable bonds is 4. The van der Waals surface area contributed by atoms with E-state index in [0.717, 1.165) is 12.1 Å². The zero-order valence-corrected chi connectivity index (χ0v) is 15.2. The SMILES string of the molecule is Cc1cc(C)c(-c2cccc(CC[Si](C)(C)C)n2)c(C)c1. The standard InChI is InChI=1S/C19H27NSi/c1-14-12-15(2)19(16(3)13-14)18-9-7-8-17(20-18)10-11-21(4,5)6/h7-9,12-13H,10-11H2,1-6H3. The van der Waals surface area contributed by atoms with Crippen molar-refractivity contribution in [2.24, 2.45) is 0 Å². The summed E-state index contributed by atoms with van der Waals surface area (Å²) in [6.45, 7) is 13.8. The van der Waals surface area contributed by atoms with E-state index in [4.69, 9.17) is 4.98 Å². The minimum absolute atomic E-state index is 1.01. The Morgan fingerprint density at radius 1 is 0.952 bits per heavy atom. The van der Waals surface area contributed by atoms with Crippen molar-refractivity contribution in [1.82, 2.24) is 4.98 Å². The van der Waals surface area contributed by atoms with E-state index in [1.807, 2.05) is 0 Å². The summed E-state index contributed by atoms with van der Waals surface area (Å²) in [7, 11) is -1.01. The van der Waals surface area contributed by atoms with Crippen LogP contribution in [0, 0.1) is 20.8 Å². The third-order valence-electron chi connectivity index (χ3n) is 3.87. The first-order valence-corrected chi connectivity index (χ1v) is 11.5. The summed E-state index contributed by atoms with van der Waals surface area (Å²) in [4.78, 5) is 4.92. The second-order valence-electron chi connectivity index (χ2n) is 7.35. The molecule has 0 aliphatic carbocycles. The first-order chi connectivity index (χ1) is 9.76. The fourth-order valence-electron chi connectivity index (χ4n) is 2.85. The van der Waals surface area contributed by atoms with E-state index in [9.17, 15) is 0 Å². The molecule has 0 saturated heterocycles. The number of nitrogens with zero attached hydrogens (tertiary/aromatic N) is 1. The molecule has 1 aromatic carbocycles. The molecule has 2 rings (SSSR count). The lowest BCUT2D eigenvalue weighted by molar-refractivity contribution is 1.01. The number of aromatic nitrogens is 1. The topological polar surface area (TPSA) is 12.9 Å². The third kappa shape index (κ3) is 4.27. The summed E-state index contributed by atoms with van der Waals surface area (Å²) in [5.74, 6) is 0. The van der Waals surface area contributed by atoms with Crippen molar-refractivity contribution in [2.45, 2.75) is 52.9 Å². The largest absolute Gasteiger partial charge is 0.253 e. The predicted octanol–water partition coefficient (Wildman–Crippen LogP) is 5.55. The van der Waals surface area contributed by atoms with Gasteiger partial charge in [0.1, 0.15) is 0 Å². The van der Waals surface area contributed by atoms with Crippen LogP contribution in [0.2, 0.25) is 25.7 Å². The molecule has 1 heterocycles. The molecule has 1 aromatic heterocycles. The van der Waals surface area contributed by atoms with Gasteiger partial charge in [-0.1, -0.05) is 49.4 Å². The fourth-order valence-corrected chi connectivity index (χ4v) is 3.85.